The quantitative estimate of drug-likeness (QED) is 0.446. The zero-order valence-electron chi connectivity index (χ0n) is 16.5. The Labute approximate surface area is 177 Å². The van der Waals surface area contributed by atoms with Crippen molar-refractivity contribution in [2.75, 3.05) is 19.7 Å². The number of rotatable bonds is 6. The van der Waals surface area contributed by atoms with Gasteiger partial charge < -0.3 is 24.7 Å². The summed E-state index contributed by atoms with van der Waals surface area (Å²) < 4.78 is 7.57. The van der Waals surface area contributed by atoms with Crippen LogP contribution in [0.4, 0.5) is 0 Å². The van der Waals surface area contributed by atoms with Crippen LogP contribution in [0.15, 0.2) is 65.6 Å². The highest BCUT2D eigenvalue weighted by Crippen LogP contribution is 2.31. The molecule has 3 heterocycles. The number of nitrogens with zero attached hydrogens (tertiary/aromatic N) is 2. The van der Waals surface area contributed by atoms with Crippen molar-refractivity contribution >= 4 is 17.0 Å². The number of aromatic amines is 1. The molecule has 1 fully saturated rings. The van der Waals surface area contributed by atoms with Gasteiger partial charge in [-0.2, -0.15) is 0 Å². The fourth-order valence-electron chi connectivity index (χ4n) is 3.65. The average molecular weight is 416 g/mol. The molecule has 0 bridgehead atoms. The van der Waals surface area contributed by atoms with Crippen LogP contribution < -0.4 is 15.6 Å². The van der Waals surface area contributed by atoms with Crippen molar-refractivity contribution in [2.45, 2.75) is 0 Å². The smallest absolute Gasteiger partial charge is 0.372 e. The van der Waals surface area contributed by atoms with E-state index >= 15 is 0 Å². The van der Waals surface area contributed by atoms with E-state index in [0.29, 0.717) is 29.1 Å². The number of aromatic carboxylic acids is 1. The maximum atomic E-state index is 12.8. The molecule has 8 nitrogen and oxygen atoms in total. The van der Waals surface area contributed by atoms with E-state index in [0.717, 1.165) is 30.1 Å². The summed E-state index contributed by atoms with van der Waals surface area (Å²) in [7, 11) is 0. The number of benzene rings is 2. The van der Waals surface area contributed by atoms with Crippen LogP contribution in [-0.4, -0.2) is 45.3 Å². The largest absolute Gasteiger partial charge is 0.493 e. The zero-order valence-corrected chi connectivity index (χ0v) is 16.5. The molecule has 1 saturated heterocycles. The highest BCUT2D eigenvalue weighted by molar-refractivity contribution is 5.96. The van der Waals surface area contributed by atoms with Gasteiger partial charge in [-0.3, -0.25) is 4.79 Å². The van der Waals surface area contributed by atoms with Crippen LogP contribution in [-0.2, 0) is 0 Å². The molecule has 1 aliphatic rings. The van der Waals surface area contributed by atoms with Crippen molar-refractivity contribution in [2.24, 2.45) is 5.92 Å². The van der Waals surface area contributed by atoms with Crippen molar-refractivity contribution in [3.63, 3.8) is 0 Å². The first kappa shape index (κ1) is 19.1. The van der Waals surface area contributed by atoms with E-state index in [1.54, 1.807) is 4.57 Å². The predicted octanol–water partition coefficient (Wildman–Crippen LogP) is 2.68. The standard InChI is InChI=1S/C23H20N4O4/c28-22-19-18(15-6-8-17(9-7-15)31-13-14-10-24-11-14)12-27(16-4-2-1-3-5-16)21(19)25-20(26-22)23(29)30/h1-9,12,14,24H,10-11,13H2,(H,29,30)(H,25,26,28). The van der Waals surface area contributed by atoms with Gasteiger partial charge in [0.15, 0.2) is 5.65 Å². The summed E-state index contributed by atoms with van der Waals surface area (Å²) in [5.74, 6) is -0.377. The van der Waals surface area contributed by atoms with Gasteiger partial charge in [0.05, 0.1) is 12.0 Å². The number of aromatic nitrogens is 3. The lowest BCUT2D eigenvalue weighted by atomic mass is 10.1. The lowest BCUT2D eigenvalue weighted by molar-refractivity contribution is 0.0683. The first-order valence-electron chi connectivity index (χ1n) is 9.98. The van der Waals surface area contributed by atoms with Gasteiger partial charge in [-0.15, -0.1) is 0 Å². The number of hydrogen-bond acceptors (Lipinski definition) is 5. The van der Waals surface area contributed by atoms with Gasteiger partial charge in [0.1, 0.15) is 5.75 Å². The van der Waals surface area contributed by atoms with Gasteiger partial charge in [-0.25, -0.2) is 9.78 Å². The van der Waals surface area contributed by atoms with Crippen molar-refractivity contribution in [3.05, 3.63) is 77.0 Å². The van der Waals surface area contributed by atoms with Crippen LogP contribution in [0.25, 0.3) is 27.8 Å². The van der Waals surface area contributed by atoms with Crippen LogP contribution in [0, 0.1) is 5.92 Å². The average Bonchev–Trinajstić information content (AvgIpc) is 3.14. The molecule has 0 unspecified atom stereocenters. The molecule has 0 amide bonds. The number of fused-ring (bicyclic) bond motifs is 1. The van der Waals surface area contributed by atoms with Crippen molar-refractivity contribution in [1.29, 1.82) is 0 Å². The van der Waals surface area contributed by atoms with Crippen molar-refractivity contribution < 1.29 is 14.6 Å². The van der Waals surface area contributed by atoms with Crippen LogP contribution in [0.2, 0.25) is 0 Å². The molecule has 0 saturated carbocycles. The van der Waals surface area contributed by atoms with Crippen molar-refractivity contribution in [3.8, 4) is 22.6 Å². The molecule has 0 aliphatic carbocycles. The highest BCUT2D eigenvalue weighted by Gasteiger charge is 2.20. The zero-order chi connectivity index (χ0) is 21.4. The number of para-hydroxylation sites is 1. The number of carboxylic acids is 1. The van der Waals surface area contributed by atoms with Gasteiger partial charge in [-0.05, 0) is 29.8 Å². The fourth-order valence-corrected chi connectivity index (χ4v) is 3.65. The van der Waals surface area contributed by atoms with Crippen molar-refractivity contribution in [1.82, 2.24) is 19.9 Å². The second-order valence-electron chi connectivity index (χ2n) is 7.53. The molecule has 31 heavy (non-hydrogen) atoms. The summed E-state index contributed by atoms with van der Waals surface area (Å²) in [4.78, 5) is 30.8. The summed E-state index contributed by atoms with van der Waals surface area (Å²) in [6, 6.07) is 16.9. The van der Waals surface area contributed by atoms with E-state index in [1.807, 2.05) is 60.8 Å². The maximum Gasteiger partial charge on any atom is 0.372 e. The Balaban J connectivity index is 1.60. The van der Waals surface area contributed by atoms with Gasteiger partial charge in [-0.1, -0.05) is 30.3 Å². The molecule has 2 aromatic heterocycles. The Kier molecular flexibility index (Phi) is 4.76. The van der Waals surface area contributed by atoms with E-state index in [2.05, 4.69) is 15.3 Å². The highest BCUT2D eigenvalue weighted by atomic mass is 16.5. The lowest BCUT2D eigenvalue weighted by Gasteiger charge is -2.26. The molecule has 0 spiro atoms. The van der Waals surface area contributed by atoms with E-state index in [1.165, 1.54) is 0 Å². The lowest BCUT2D eigenvalue weighted by Crippen LogP contribution is -2.45. The first-order valence-corrected chi connectivity index (χ1v) is 9.98. The van der Waals surface area contributed by atoms with E-state index in [9.17, 15) is 14.7 Å². The fraction of sp³-hybridized carbons (Fsp3) is 0.174. The number of H-pyrrole nitrogens is 1. The molecule has 3 N–H and O–H groups in total. The summed E-state index contributed by atoms with van der Waals surface area (Å²) in [5.41, 5.74) is 2.05. The summed E-state index contributed by atoms with van der Waals surface area (Å²) in [5, 5.41) is 12.9. The van der Waals surface area contributed by atoms with E-state index in [-0.39, 0.29) is 0 Å². The number of carbonyl (C=O) groups is 1. The monoisotopic (exact) mass is 416 g/mol. The second kappa shape index (κ2) is 7.73. The molecule has 0 radical (unpaired) electrons. The van der Waals surface area contributed by atoms with Gasteiger partial charge in [0, 0.05) is 36.5 Å². The Bertz CT molecular complexity index is 1310. The van der Waals surface area contributed by atoms with Gasteiger partial charge in [0.25, 0.3) is 5.56 Å². The normalized spacial score (nSPS) is 13.8. The van der Waals surface area contributed by atoms with E-state index in [4.69, 9.17) is 4.74 Å². The number of ether oxygens (including phenoxy) is 1. The molecule has 4 aromatic rings. The van der Waals surface area contributed by atoms with Crippen LogP contribution in [0.1, 0.15) is 10.6 Å². The minimum Gasteiger partial charge on any atom is -0.493 e. The molecule has 156 valence electrons. The summed E-state index contributed by atoms with van der Waals surface area (Å²) in [6.07, 6.45) is 1.81. The molecule has 1 aliphatic heterocycles. The molecule has 2 aromatic carbocycles. The third-order valence-corrected chi connectivity index (χ3v) is 5.41. The number of hydrogen-bond donors (Lipinski definition) is 3. The molecular formula is C23H20N4O4. The number of nitrogens with one attached hydrogen (secondary N) is 2. The Morgan fingerprint density at radius 2 is 1.87 bits per heavy atom. The molecular weight excluding hydrogens is 396 g/mol. The van der Waals surface area contributed by atoms with Gasteiger partial charge >= 0.3 is 5.97 Å². The minimum absolute atomic E-state index is 0.292. The summed E-state index contributed by atoms with van der Waals surface area (Å²) >= 11 is 0. The minimum atomic E-state index is -1.29. The number of carboxylic acid groups (broad SMARTS) is 1. The Hall–Kier alpha value is -3.91. The topological polar surface area (TPSA) is 109 Å². The van der Waals surface area contributed by atoms with Crippen LogP contribution >= 0.6 is 0 Å². The Morgan fingerprint density at radius 1 is 1.13 bits per heavy atom. The third-order valence-electron chi connectivity index (χ3n) is 5.41. The van der Waals surface area contributed by atoms with E-state index < -0.39 is 17.4 Å². The Morgan fingerprint density at radius 3 is 2.52 bits per heavy atom. The van der Waals surface area contributed by atoms with Crippen LogP contribution in [0.5, 0.6) is 5.75 Å². The maximum absolute atomic E-state index is 12.8. The second-order valence-corrected chi connectivity index (χ2v) is 7.53. The van der Waals surface area contributed by atoms with Crippen LogP contribution in [0.3, 0.4) is 0 Å². The summed E-state index contributed by atoms with van der Waals surface area (Å²) in [6.45, 7) is 2.62. The molecule has 0 atom stereocenters. The van der Waals surface area contributed by atoms with Gasteiger partial charge in [0.2, 0.25) is 5.82 Å². The molecule has 5 rings (SSSR count). The SMILES string of the molecule is O=C(O)c1nc2c(c(-c3ccc(OCC4CNC4)cc3)cn2-c2ccccc2)c(=O)[nH]1. The molecule has 8 heteroatoms. The first-order chi connectivity index (χ1) is 15.1. The third kappa shape index (κ3) is 3.57. The predicted molar refractivity (Wildman–Crippen MR) is 116 cm³/mol.